The van der Waals surface area contributed by atoms with Crippen molar-refractivity contribution in [1.82, 2.24) is 5.32 Å². The standard InChI is InChI=1S/C20H25NO4S/c1-14(26-13-15-8-6-5-7-9-15)20(22)21-12-16-10-17(23-2)19(25-4)18(11-16)24-3/h5-11,14H,12-13H2,1-4H3,(H,21,22). The molecule has 2 aromatic carbocycles. The lowest BCUT2D eigenvalue weighted by molar-refractivity contribution is -0.120. The van der Waals surface area contributed by atoms with Gasteiger partial charge in [-0.15, -0.1) is 11.8 Å². The first-order chi connectivity index (χ1) is 12.6. The van der Waals surface area contributed by atoms with Crippen LogP contribution in [-0.2, 0) is 17.1 Å². The number of rotatable bonds is 9. The van der Waals surface area contributed by atoms with E-state index in [-0.39, 0.29) is 11.2 Å². The number of hydrogen-bond donors (Lipinski definition) is 1. The minimum Gasteiger partial charge on any atom is -0.493 e. The summed E-state index contributed by atoms with van der Waals surface area (Å²) in [7, 11) is 4.71. The number of carbonyl (C=O) groups is 1. The van der Waals surface area contributed by atoms with Crippen LogP contribution in [0.25, 0.3) is 0 Å². The van der Waals surface area contributed by atoms with E-state index < -0.39 is 0 Å². The quantitative estimate of drug-likeness (QED) is 0.725. The van der Waals surface area contributed by atoms with Crippen LogP contribution in [0.5, 0.6) is 17.2 Å². The van der Waals surface area contributed by atoms with Gasteiger partial charge in [0, 0.05) is 12.3 Å². The molecule has 0 radical (unpaired) electrons. The lowest BCUT2D eigenvalue weighted by Crippen LogP contribution is -2.30. The van der Waals surface area contributed by atoms with Crippen molar-refractivity contribution in [2.45, 2.75) is 24.5 Å². The summed E-state index contributed by atoms with van der Waals surface area (Å²) in [6, 6.07) is 13.8. The van der Waals surface area contributed by atoms with E-state index in [0.717, 1.165) is 11.3 Å². The first-order valence-electron chi connectivity index (χ1n) is 8.31. The summed E-state index contributed by atoms with van der Waals surface area (Å²) in [6.07, 6.45) is 0. The molecule has 0 fully saturated rings. The van der Waals surface area contributed by atoms with Gasteiger partial charge in [-0.25, -0.2) is 0 Å². The van der Waals surface area contributed by atoms with Crippen LogP contribution in [0, 0.1) is 0 Å². The van der Waals surface area contributed by atoms with Crippen LogP contribution in [-0.4, -0.2) is 32.5 Å². The summed E-state index contributed by atoms with van der Waals surface area (Å²) >= 11 is 1.61. The second-order valence-corrected chi connectivity index (χ2v) is 7.02. The Morgan fingerprint density at radius 2 is 1.62 bits per heavy atom. The SMILES string of the molecule is COc1cc(CNC(=O)C(C)SCc2ccccc2)cc(OC)c1OC. The van der Waals surface area contributed by atoms with Crippen LogP contribution in [0.3, 0.4) is 0 Å². The highest BCUT2D eigenvalue weighted by atomic mass is 32.2. The maximum absolute atomic E-state index is 12.4. The summed E-state index contributed by atoms with van der Waals surface area (Å²) < 4.78 is 16.0. The third-order valence-electron chi connectivity index (χ3n) is 3.90. The van der Waals surface area contributed by atoms with E-state index in [0.29, 0.717) is 23.8 Å². The maximum Gasteiger partial charge on any atom is 0.233 e. The van der Waals surface area contributed by atoms with Crippen molar-refractivity contribution in [3.8, 4) is 17.2 Å². The van der Waals surface area contributed by atoms with Gasteiger partial charge in [-0.2, -0.15) is 0 Å². The zero-order valence-corrected chi connectivity index (χ0v) is 16.4. The van der Waals surface area contributed by atoms with Crippen molar-refractivity contribution < 1.29 is 19.0 Å². The Balaban J connectivity index is 1.93. The van der Waals surface area contributed by atoms with Gasteiger partial charge < -0.3 is 19.5 Å². The van der Waals surface area contributed by atoms with Gasteiger partial charge in [0.25, 0.3) is 0 Å². The van der Waals surface area contributed by atoms with Crippen LogP contribution in [0.1, 0.15) is 18.1 Å². The van der Waals surface area contributed by atoms with E-state index in [9.17, 15) is 4.79 Å². The molecule has 1 N–H and O–H groups in total. The van der Waals surface area contributed by atoms with Gasteiger partial charge in [-0.3, -0.25) is 4.79 Å². The predicted octanol–water partition coefficient (Wildman–Crippen LogP) is 3.65. The molecule has 1 unspecified atom stereocenters. The number of ether oxygens (including phenoxy) is 3. The van der Waals surface area contributed by atoms with E-state index in [4.69, 9.17) is 14.2 Å². The molecule has 0 aliphatic heterocycles. The summed E-state index contributed by atoms with van der Waals surface area (Å²) in [5, 5.41) is 2.82. The summed E-state index contributed by atoms with van der Waals surface area (Å²) in [4.78, 5) is 12.4. The van der Waals surface area contributed by atoms with E-state index in [1.54, 1.807) is 33.1 Å². The lowest BCUT2D eigenvalue weighted by atomic mass is 10.1. The molecular weight excluding hydrogens is 350 g/mol. The van der Waals surface area contributed by atoms with E-state index >= 15 is 0 Å². The summed E-state index contributed by atoms with van der Waals surface area (Å²) in [5.41, 5.74) is 2.09. The Kier molecular flexibility index (Phi) is 7.66. The fourth-order valence-electron chi connectivity index (χ4n) is 2.44. The summed E-state index contributed by atoms with van der Waals surface area (Å²) in [6.45, 7) is 2.31. The van der Waals surface area contributed by atoms with Crippen LogP contribution < -0.4 is 19.5 Å². The highest BCUT2D eigenvalue weighted by molar-refractivity contribution is 7.99. The van der Waals surface area contributed by atoms with Crippen LogP contribution in [0.2, 0.25) is 0 Å². The average Bonchev–Trinajstić information content (AvgIpc) is 2.69. The number of benzene rings is 2. The smallest absolute Gasteiger partial charge is 0.233 e. The first kappa shape index (κ1) is 20.0. The Labute approximate surface area is 159 Å². The van der Waals surface area contributed by atoms with Crippen LogP contribution in [0.15, 0.2) is 42.5 Å². The maximum atomic E-state index is 12.4. The second kappa shape index (κ2) is 9.97. The fraction of sp³-hybridized carbons (Fsp3) is 0.350. The number of amides is 1. The molecule has 140 valence electrons. The molecule has 0 aromatic heterocycles. The topological polar surface area (TPSA) is 56.8 Å². The third kappa shape index (κ3) is 5.33. The largest absolute Gasteiger partial charge is 0.493 e. The highest BCUT2D eigenvalue weighted by Gasteiger charge is 2.16. The van der Waals surface area contributed by atoms with Crippen molar-refractivity contribution in [3.05, 3.63) is 53.6 Å². The number of carbonyl (C=O) groups excluding carboxylic acids is 1. The van der Waals surface area contributed by atoms with Crippen molar-refractivity contribution in [3.63, 3.8) is 0 Å². The molecular formula is C20H25NO4S. The molecule has 0 saturated heterocycles. The van der Waals surface area contributed by atoms with Gasteiger partial charge >= 0.3 is 0 Å². The minimum atomic E-state index is -0.141. The Bertz CT molecular complexity index is 696. The predicted molar refractivity (Wildman–Crippen MR) is 105 cm³/mol. The minimum absolute atomic E-state index is 0.000294. The van der Waals surface area contributed by atoms with Crippen LogP contribution >= 0.6 is 11.8 Å². The monoisotopic (exact) mass is 375 g/mol. The van der Waals surface area contributed by atoms with Crippen molar-refractivity contribution in [2.75, 3.05) is 21.3 Å². The van der Waals surface area contributed by atoms with Crippen molar-refractivity contribution in [2.24, 2.45) is 0 Å². The first-order valence-corrected chi connectivity index (χ1v) is 9.36. The Morgan fingerprint density at radius 1 is 1.00 bits per heavy atom. The normalized spacial score (nSPS) is 11.5. The fourth-order valence-corrected chi connectivity index (χ4v) is 3.31. The number of hydrogen-bond acceptors (Lipinski definition) is 5. The third-order valence-corrected chi connectivity index (χ3v) is 5.12. The van der Waals surface area contributed by atoms with E-state index in [2.05, 4.69) is 17.4 Å². The lowest BCUT2D eigenvalue weighted by Gasteiger charge is -2.15. The van der Waals surface area contributed by atoms with Crippen molar-refractivity contribution in [1.29, 1.82) is 0 Å². The molecule has 1 atom stereocenters. The molecule has 0 saturated carbocycles. The van der Waals surface area contributed by atoms with Gasteiger partial charge in [-0.05, 0) is 30.2 Å². The van der Waals surface area contributed by atoms with Gasteiger partial charge in [0.15, 0.2) is 11.5 Å². The number of thioether (sulfide) groups is 1. The van der Waals surface area contributed by atoms with Gasteiger partial charge in [0.05, 0.1) is 26.6 Å². The zero-order valence-electron chi connectivity index (χ0n) is 15.6. The van der Waals surface area contributed by atoms with E-state index in [1.165, 1.54) is 5.56 Å². The zero-order chi connectivity index (χ0) is 18.9. The molecule has 0 spiro atoms. The van der Waals surface area contributed by atoms with Gasteiger partial charge in [0.1, 0.15) is 0 Å². The van der Waals surface area contributed by atoms with E-state index in [1.807, 2.05) is 37.3 Å². The Hall–Kier alpha value is -2.34. The Morgan fingerprint density at radius 3 is 2.15 bits per heavy atom. The molecule has 2 rings (SSSR count). The molecule has 0 aliphatic carbocycles. The molecule has 5 nitrogen and oxygen atoms in total. The molecule has 0 aliphatic rings. The molecule has 0 heterocycles. The van der Waals surface area contributed by atoms with Gasteiger partial charge in [-0.1, -0.05) is 30.3 Å². The number of methoxy groups -OCH3 is 3. The van der Waals surface area contributed by atoms with Crippen molar-refractivity contribution >= 4 is 17.7 Å². The summed E-state index contributed by atoms with van der Waals surface area (Å²) in [5.74, 6) is 2.49. The average molecular weight is 375 g/mol. The molecule has 6 heteroatoms. The van der Waals surface area contributed by atoms with Crippen LogP contribution in [0.4, 0.5) is 0 Å². The number of nitrogens with one attached hydrogen (secondary N) is 1. The second-order valence-electron chi connectivity index (χ2n) is 5.69. The molecule has 26 heavy (non-hydrogen) atoms. The highest BCUT2D eigenvalue weighted by Crippen LogP contribution is 2.38. The molecule has 2 aromatic rings. The molecule has 0 bridgehead atoms. The van der Waals surface area contributed by atoms with Gasteiger partial charge in [0.2, 0.25) is 11.7 Å². The molecule has 1 amide bonds.